The van der Waals surface area contributed by atoms with Gasteiger partial charge in [0, 0.05) is 6.54 Å². The van der Waals surface area contributed by atoms with Crippen molar-refractivity contribution in [3.8, 4) is 5.75 Å². The molecule has 0 aliphatic heterocycles. The molecule has 0 aliphatic rings. The smallest absolute Gasteiger partial charge is 0.215 e. The van der Waals surface area contributed by atoms with Crippen molar-refractivity contribution < 1.29 is 13.5 Å². The van der Waals surface area contributed by atoms with Crippen molar-refractivity contribution in [2.75, 3.05) is 6.54 Å². The Bertz CT molecular complexity index is 709. The van der Waals surface area contributed by atoms with Crippen LogP contribution in [0.25, 0.3) is 0 Å². The molecule has 22 heavy (non-hydrogen) atoms. The second-order valence-electron chi connectivity index (χ2n) is 5.41. The Hall–Kier alpha value is -1.85. The van der Waals surface area contributed by atoms with Gasteiger partial charge in [-0.05, 0) is 43.0 Å². The van der Waals surface area contributed by atoms with E-state index in [4.69, 9.17) is 0 Å². The number of hydrogen-bond donors (Lipinski definition) is 2. The highest BCUT2D eigenvalue weighted by Gasteiger charge is 2.10. The Kier molecular flexibility index (Phi) is 5.57. The van der Waals surface area contributed by atoms with Crippen LogP contribution in [0.4, 0.5) is 0 Å². The van der Waals surface area contributed by atoms with Gasteiger partial charge < -0.3 is 5.11 Å². The topological polar surface area (TPSA) is 66.4 Å². The lowest BCUT2D eigenvalue weighted by Gasteiger charge is -2.07. The van der Waals surface area contributed by atoms with Gasteiger partial charge in [-0.2, -0.15) is 0 Å². The van der Waals surface area contributed by atoms with Crippen LogP contribution < -0.4 is 4.72 Å². The molecule has 118 valence electrons. The van der Waals surface area contributed by atoms with Crippen LogP contribution in [0.15, 0.2) is 48.5 Å². The molecule has 0 radical (unpaired) electrons. The van der Waals surface area contributed by atoms with E-state index in [0.29, 0.717) is 6.54 Å². The lowest BCUT2D eigenvalue weighted by molar-refractivity contribution is 0.475. The van der Waals surface area contributed by atoms with E-state index in [1.165, 1.54) is 0 Å². The van der Waals surface area contributed by atoms with Crippen molar-refractivity contribution >= 4 is 10.0 Å². The molecule has 0 saturated heterocycles. The van der Waals surface area contributed by atoms with Crippen LogP contribution in [0.5, 0.6) is 5.75 Å². The van der Waals surface area contributed by atoms with E-state index in [-0.39, 0.29) is 11.5 Å². The van der Waals surface area contributed by atoms with Crippen LogP contribution in [-0.4, -0.2) is 20.1 Å². The van der Waals surface area contributed by atoms with Crippen LogP contribution in [0.2, 0.25) is 0 Å². The van der Waals surface area contributed by atoms with Crippen LogP contribution in [-0.2, 0) is 22.2 Å². The summed E-state index contributed by atoms with van der Waals surface area (Å²) in [6.45, 7) is 2.36. The summed E-state index contributed by atoms with van der Waals surface area (Å²) in [5.74, 6) is 0.246. The number of aromatic hydroxyl groups is 1. The fourth-order valence-electron chi connectivity index (χ4n) is 2.26. The molecule has 0 saturated carbocycles. The third-order valence-corrected chi connectivity index (χ3v) is 4.70. The van der Waals surface area contributed by atoms with Gasteiger partial charge in [-0.3, -0.25) is 0 Å². The fourth-order valence-corrected chi connectivity index (χ4v) is 3.43. The third-order valence-electron chi connectivity index (χ3n) is 3.34. The summed E-state index contributed by atoms with van der Waals surface area (Å²) in [6.07, 6.45) is 1.49. The van der Waals surface area contributed by atoms with Gasteiger partial charge >= 0.3 is 0 Å². The summed E-state index contributed by atoms with van der Waals surface area (Å²) in [5.41, 5.74) is 2.93. The van der Waals surface area contributed by atoms with Crippen molar-refractivity contribution in [1.82, 2.24) is 4.72 Å². The predicted molar refractivity (Wildman–Crippen MR) is 88.2 cm³/mol. The normalized spacial score (nSPS) is 11.5. The lowest BCUT2D eigenvalue weighted by Crippen LogP contribution is -2.26. The number of hydrogen-bond acceptors (Lipinski definition) is 3. The molecule has 4 nitrogen and oxygen atoms in total. The van der Waals surface area contributed by atoms with Crippen LogP contribution in [0.3, 0.4) is 0 Å². The molecule has 0 unspecified atom stereocenters. The minimum atomic E-state index is -3.30. The average molecular weight is 319 g/mol. The first-order valence-corrected chi connectivity index (χ1v) is 8.91. The SMILES string of the molecule is Cc1cccc(CS(=O)(=O)NCCCc2ccc(O)cc2)c1. The minimum Gasteiger partial charge on any atom is -0.508 e. The zero-order valence-electron chi connectivity index (χ0n) is 12.6. The second kappa shape index (κ2) is 7.42. The zero-order valence-corrected chi connectivity index (χ0v) is 13.4. The minimum absolute atomic E-state index is 0.00783. The van der Waals surface area contributed by atoms with E-state index >= 15 is 0 Å². The first-order valence-electron chi connectivity index (χ1n) is 7.25. The molecule has 0 heterocycles. The molecule has 0 aliphatic carbocycles. The molecule has 0 fully saturated rings. The number of phenolic OH excluding ortho intramolecular Hbond substituents is 1. The van der Waals surface area contributed by atoms with E-state index in [1.54, 1.807) is 12.1 Å². The maximum Gasteiger partial charge on any atom is 0.215 e. The van der Waals surface area contributed by atoms with E-state index in [1.807, 2.05) is 43.3 Å². The van der Waals surface area contributed by atoms with Gasteiger partial charge in [0.15, 0.2) is 0 Å². The van der Waals surface area contributed by atoms with Crippen LogP contribution in [0.1, 0.15) is 23.1 Å². The van der Waals surface area contributed by atoms with Gasteiger partial charge in [0.05, 0.1) is 5.75 Å². The molecule has 5 heteroatoms. The Morgan fingerprint density at radius 1 is 1.05 bits per heavy atom. The highest BCUT2D eigenvalue weighted by Crippen LogP contribution is 2.11. The molecule has 2 rings (SSSR count). The number of benzene rings is 2. The van der Waals surface area contributed by atoms with E-state index in [0.717, 1.165) is 29.5 Å². The summed E-state index contributed by atoms with van der Waals surface area (Å²) < 4.78 is 26.7. The highest BCUT2D eigenvalue weighted by atomic mass is 32.2. The number of phenols is 1. The van der Waals surface area contributed by atoms with Crippen molar-refractivity contribution in [3.63, 3.8) is 0 Å². The fraction of sp³-hybridized carbons (Fsp3) is 0.294. The summed E-state index contributed by atoms with van der Waals surface area (Å²) >= 11 is 0. The first-order chi connectivity index (χ1) is 10.4. The zero-order chi connectivity index (χ0) is 16.0. The van der Waals surface area contributed by atoms with Crippen LogP contribution >= 0.6 is 0 Å². The standard InChI is InChI=1S/C17H21NO3S/c1-14-4-2-5-16(12-14)13-22(20,21)18-11-3-6-15-7-9-17(19)10-8-15/h2,4-5,7-10,12,18-19H,3,6,11,13H2,1H3. The molecule has 0 bridgehead atoms. The van der Waals surface area contributed by atoms with Gasteiger partial charge in [0.2, 0.25) is 10.0 Å². The molecule has 2 N–H and O–H groups in total. The highest BCUT2D eigenvalue weighted by molar-refractivity contribution is 7.88. The summed E-state index contributed by atoms with van der Waals surface area (Å²) in [6, 6.07) is 14.5. The number of sulfonamides is 1. The predicted octanol–water partition coefficient (Wildman–Crippen LogP) is 2.75. The number of nitrogens with one attached hydrogen (secondary N) is 1. The molecular formula is C17H21NO3S. The Balaban J connectivity index is 1.79. The molecule has 0 atom stereocenters. The largest absolute Gasteiger partial charge is 0.508 e. The summed E-state index contributed by atoms with van der Waals surface area (Å²) in [4.78, 5) is 0. The number of aryl methyl sites for hydroxylation is 2. The molecule has 0 aromatic heterocycles. The number of rotatable bonds is 7. The van der Waals surface area contributed by atoms with Crippen LogP contribution in [0, 0.1) is 6.92 Å². The maximum atomic E-state index is 12.0. The Morgan fingerprint density at radius 2 is 1.77 bits per heavy atom. The summed E-state index contributed by atoms with van der Waals surface area (Å²) in [7, 11) is -3.30. The molecular weight excluding hydrogens is 298 g/mol. The third kappa shape index (κ3) is 5.50. The Morgan fingerprint density at radius 3 is 2.45 bits per heavy atom. The van der Waals surface area contributed by atoms with Crippen molar-refractivity contribution in [1.29, 1.82) is 0 Å². The molecule has 0 amide bonds. The monoisotopic (exact) mass is 319 g/mol. The Labute approximate surface area is 131 Å². The van der Waals surface area contributed by atoms with Crippen molar-refractivity contribution in [2.24, 2.45) is 0 Å². The lowest BCUT2D eigenvalue weighted by atomic mass is 10.1. The van der Waals surface area contributed by atoms with Gasteiger partial charge in [-0.25, -0.2) is 13.1 Å². The van der Waals surface area contributed by atoms with E-state index in [2.05, 4.69) is 4.72 Å². The van der Waals surface area contributed by atoms with Crippen molar-refractivity contribution in [2.45, 2.75) is 25.5 Å². The average Bonchev–Trinajstić information content (AvgIpc) is 2.45. The van der Waals surface area contributed by atoms with Gasteiger partial charge in [-0.15, -0.1) is 0 Å². The van der Waals surface area contributed by atoms with Gasteiger partial charge in [-0.1, -0.05) is 42.0 Å². The van der Waals surface area contributed by atoms with Gasteiger partial charge in [0.1, 0.15) is 5.75 Å². The van der Waals surface area contributed by atoms with Crippen molar-refractivity contribution in [3.05, 3.63) is 65.2 Å². The molecule has 0 spiro atoms. The molecule has 2 aromatic carbocycles. The molecule has 2 aromatic rings. The van der Waals surface area contributed by atoms with E-state index in [9.17, 15) is 13.5 Å². The van der Waals surface area contributed by atoms with E-state index < -0.39 is 10.0 Å². The van der Waals surface area contributed by atoms with Gasteiger partial charge in [0.25, 0.3) is 0 Å². The summed E-state index contributed by atoms with van der Waals surface area (Å²) in [5, 5.41) is 9.20. The second-order valence-corrected chi connectivity index (χ2v) is 7.22. The quantitative estimate of drug-likeness (QED) is 0.771. The maximum absolute atomic E-state index is 12.0. The first kappa shape index (κ1) is 16.5.